The number of rotatable bonds is 4. The molecule has 2 amide bonds. The van der Waals surface area contributed by atoms with Crippen LogP contribution in [-0.2, 0) is 0 Å². The van der Waals surface area contributed by atoms with Gasteiger partial charge in [0.25, 0.3) is 0 Å². The fourth-order valence-electron chi connectivity index (χ4n) is 3.31. The van der Waals surface area contributed by atoms with Crippen LogP contribution in [0.1, 0.15) is 24.7 Å². The maximum absolute atomic E-state index is 12.5. The monoisotopic (exact) mass is 394 g/mol. The predicted octanol–water partition coefficient (Wildman–Crippen LogP) is 4.87. The number of urea groups is 1. The second-order valence-corrected chi connectivity index (χ2v) is 7.62. The van der Waals surface area contributed by atoms with Crippen molar-refractivity contribution in [2.24, 2.45) is 0 Å². The summed E-state index contributed by atoms with van der Waals surface area (Å²) in [6.45, 7) is 1.34. The molecule has 6 nitrogen and oxygen atoms in total. The molecule has 1 fully saturated rings. The Labute approximate surface area is 168 Å². The first kappa shape index (κ1) is 18.6. The summed E-state index contributed by atoms with van der Waals surface area (Å²) in [6, 6.07) is 17.6. The van der Waals surface area contributed by atoms with Crippen molar-refractivity contribution in [1.29, 1.82) is 0 Å². The molecule has 1 aromatic heterocycles. The normalized spacial score (nSPS) is 14.8. The molecule has 1 N–H and O–H groups in total. The summed E-state index contributed by atoms with van der Waals surface area (Å²) in [5.41, 5.74) is 1.76. The largest absolute Gasteiger partial charge is 0.339 e. The number of nitrogens with zero attached hydrogens (tertiary/aromatic N) is 3. The van der Waals surface area contributed by atoms with E-state index in [4.69, 9.17) is 4.52 Å². The van der Waals surface area contributed by atoms with Crippen LogP contribution in [0.25, 0.3) is 11.4 Å². The number of amides is 2. The van der Waals surface area contributed by atoms with Gasteiger partial charge in [0, 0.05) is 35.2 Å². The lowest BCUT2D eigenvalue weighted by Crippen LogP contribution is -2.40. The van der Waals surface area contributed by atoms with E-state index in [0.717, 1.165) is 24.1 Å². The number of carbonyl (C=O) groups is 1. The topological polar surface area (TPSA) is 71.3 Å². The highest BCUT2D eigenvalue weighted by atomic mass is 32.2. The summed E-state index contributed by atoms with van der Waals surface area (Å²) < 4.78 is 5.49. The molecule has 7 heteroatoms. The number of piperidine rings is 1. The Morgan fingerprint density at radius 2 is 1.82 bits per heavy atom. The summed E-state index contributed by atoms with van der Waals surface area (Å²) in [6.07, 6.45) is 3.66. The number of hydrogen-bond donors (Lipinski definition) is 1. The molecule has 0 aliphatic carbocycles. The van der Waals surface area contributed by atoms with Crippen LogP contribution in [0.2, 0.25) is 0 Å². The van der Waals surface area contributed by atoms with Gasteiger partial charge in [0.05, 0.1) is 0 Å². The fourth-order valence-corrected chi connectivity index (χ4v) is 3.72. The van der Waals surface area contributed by atoms with E-state index >= 15 is 0 Å². The number of carbonyl (C=O) groups excluding carboxylic acids is 1. The lowest BCUT2D eigenvalue weighted by Gasteiger charge is -2.30. The van der Waals surface area contributed by atoms with Crippen molar-refractivity contribution in [3.05, 3.63) is 60.5 Å². The molecular weight excluding hydrogens is 372 g/mol. The van der Waals surface area contributed by atoms with Crippen molar-refractivity contribution in [1.82, 2.24) is 15.0 Å². The number of nitrogens with one attached hydrogen (secondary N) is 1. The second kappa shape index (κ2) is 8.48. The lowest BCUT2D eigenvalue weighted by atomic mass is 9.97. The van der Waals surface area contributed by atoms with E-state index < -0.39 is 0 Å². The Balaban J connectivity index is 1.33. The molecule has 28 heavy (non-hydrogen) atoms. The fraction of sp³-hybridized carbons (Fsp3) is 0.286. The van der Waals surface area contributed by atoms with Crippen LogP contribution in [0.5, 0.6) is 0 Å². The maximum atomic E-state index is 12.5. The molecule has 1 aliphatic rings. The Bertz CT molecular complexity index is 919. The third-order valence-electron chi connectivity index (χ3n) is 4.95. The first-order valence-corrected chi connectivity index (χ1v) is 10.5. The lowest BCUT2D eigenvalue weighted by molar-refractivity contribution is 0.187. The smallest absolute Gasteiger partial charge is 0.321 e. The van der Waals surface area contributed by atoms with Gasteiger partial charge in [0.2, 0.25) is 11.7 Å². The minimum atomic E-state index is -0.0640. The van der Waals surface area contributed by atoms with Crippen molar-refractivity contribution < 1.29 is 9.32 Å². The zero-order valence-electron chi connectivity index (χ0n) is 15.7. The molecule has 1 saturated heterocycles. The van der Waals surface area contributed by atoms with E-state index in [0.29, 0.717) is 24.8 Å². The second-order valence-electron chi connectivity index (χ2n) is 6.74. The Hall–Kier alpha value is -2.80. The van der Waals surface area contributed by atoms with Gasteiger partial charge in [-0.1, -0.05) is 35.5 Å². The average Bonchev–Trinajstić information content (AvgIpc) is 3.25. The van der Waals surface area contributed by atoms with Gasteiger partial charge in [-0.05, 0) is 43.4 Å². The third kappa shape index (κ3) is 4.20. The zero-order valence-corrected chi connectivity index (χ0v) is 16.5. The quantitative estimate of drug-likeness (QED) is 0.639. The Kier molecular flexibility index (Phi) is 5.62. The number of likely N-dealkylation sites (tertiary alicyclic amines) is 1. The third-order valence-corrected chi connectivity index (χ3v) is 5.69. The van der Waals surface area contributed by atoms with Crippen LogP contribution in [0.3, 0.4) is 0 Å². The molecule has 0 radical (unpaired) electrons. The van der Waals surface area contributed by atoms with Crippen LogP contribution >= 0.6 is 11.8 Å². The first-order chi connectivity index (χ1) is 13.7. The van der Waals surface area contributed by atoms with Crippen LogP contribution in [0, 0.1) is 0 Å². The molecular formula is C21H22N4O2S. The highest BCUT2D eigenvalue weighted by Crippen LogP contribution is 2.29. The van der Waals surface area contributed by atoms with Gasteiger partial charge in [0.1, 0.15) is 0 Å². The molecule has 0 unspecified atom stereocenters. The molecule has 4 rings (SSSR count). The molecule has 1 aliphatic heterocycles. The van der Waals surface area contributed by atoms with Crippen LogP contribution < -0.4 is 5.32 Å². The first-order valence-electron chi connectivity index (χ1n) is 9.32. The molecule has 2 heterocycles. The van der Waals surface area contributed by atoms with Crippen molar-refractivity contribution in [2.45, 2.75) is 23.7 Å². The Morgan fingerprint density at radius 1 is 1.11 bits per heavy atom. The summed E-state index contributed by atoms with van der Waals surface area (Å²) in [7, 11) is 0. The van der Waals surface area contributed by atoms with Crippen molar-refractivity contribution in [3.8, 4) is 11.4 Å². The van der Waals surface area contributed by atoms with E-state index in [9.17, 15) is 4.79 Å². The van der Waals surface area contributed by atoms with Gasteiger partial charge >= 0.3 is 6.03 Å². The SMILES string of the molecule is CSc1ccc(NC(=O)N2CCC(c3nc(-c4ccccc4)no3)CC2)cc1. The molecule has 2 aromatic carbocycles. The maximum Gasteiger partial charge on any atom is 0.321 e. The van der Waals surface area contributed by atoms with Gasteiger partial charge < -0.3 is 14.7 Å². The molecule has 0 spiro atoms. The van der Waals surface area contributed by atoms with E-state index in [1.165, 1.54) is 4.90 Å². The van der Waals surface area contributed by atoms with Gasteiger partial charge in [-0.2, -0.15) is 4.98 Å². The molecule has 0 bridgehead atoms. The summed E-state index contributed by atoms with van der Waals surface area (Å²) >= 11 is 1.68. The van der Waals surface area contributed by atoms with Crippen LogP contribution in [-0.4, -0.2) is 40.4 Å². The van der Waals surface area contributed by atoms with Crippen LogP contribution in [0.15, 0.2) is 64.0 Å². The minimum Gasteiger partial charge on any atom is -0.339 e. The van der Waals surface area contributed by atoms with E-state index in [2.05, 4.69) is 15.5 Å². The highest BCUT2D eigenvalue weighted by Gasteiger charge is 2.27. The van der Waals surface area contributed by atoms with Gasteiger partial charge in [-0.25, -0.2) is 4.79 Å². The van der Waals surface area contributed by atoms with Crippen molar-refractivity contribution >= 4 is 23.5 Å². The van der Waals surface area contributed by atoms with Gasteiger partial charge in [-0.15, -0.1) is 11.8 Å². The minimum absolute atomic E-state index is 0.0640. The van der Waals surface area contributed by atoms with Crippen molar-refractivity contribution in [3.63, 3.8) is 0 Å². The summed E-state index contributed by atoms with van der Waals surface area (Å²) in [4.78, 5) is 20.1. The Morgan fingerprint density at radius 3 is 2.50 bits per heavy atom. The number of hydrogen-bond acceptors (Lipinski definition) is 5. The van der Waals surface area contributed by atoms with Gasteiger partial charge in [-0.3, -0.25) is 0 Å². The van der Waals surface area contributed by atoms with Crippen molar-refractivity contribution in [2.75, 3.05) is 24.7 Å². The van der Waals surface area contributed by atoms with Gasteiger partial charge in [0.15, 0.2) is 0 Å². The molecule has 0 saturated carbocycles. The molecule has 144 valence electrons. The standard InChI is InChI=1S/C21H22N4O2S/c1-28-18-9-7-17(8-10-18)22-21(26)25-13-11-16(12-14-25)20-23-19(24-27-20)15-5-3-2-4-6-15/h2-10,16H,11-14H2,1H3,(H,22,26). The van der Waals surface area contributed by atoms with E-state index in [1.807, 2.05) is 65.8 Å². The summed E-state index contributed by atoms with van der Waals surface area (Å²) in [5, 5.41) is 7.07. The number of thioether (sulfide) groups is 1. The number of anilines is 1. The number of aromatic nitrogens is 2. The predicted molar refractivity (Wildman–Crippen MR) is 111 cm³/mol. The van der Waals surface area contributed by atoms with E-state index in [-0.39, 0.29) is 11.9 Å². The number of benzene rings is 2. The molecule has 0 atom stereocenters. The van der Waals surface area contributed by atoms with E-state index in [1.54, 1.807) is 11.8 Å². The zero-order chi connectivity index (χ0) is 19.3. The average molecular weight is 395 g/mol. The summed E-state index contributed by atoms with van der Waals surface area (Å²) in [5.74, 6) is 1.46. The van der Waals surface area contributed by atoms with Crippen LogP contribution in [0.4, 0.5) is 10.5 Å². The molecule has 3 aromatic rings. The highest BCUT2D eigenvalue weighted by molar-refractivity contribution is 7.98.